The molecule has 0 aliphatic heterocycles. The Morgan fingerprint density at radius 2 is 1.67 bits per heavy atom. The van der Waals surface area contributed by atoms with Crippen LogP contribution in [0.3, 0.4) is 0 Å². The minimum Gasteiger partial charge on any atom is -0.490 e. The fraction of sp³-hybridized carbons (Fsp3) is 0.133. The summed E-state index contributed by atoms with van der Waals surface area (Å²) in [6, 6.07) is 12.2. The molecule has 2 aromatic carbocycles. The SMILES string of the molecule is N#Cc1ccc(OCCOc2cc(Cl)c(Br)cc2Cl)cc1. The fourth-order valence-electron chi connectivity index (χ4n) is 1.55. The zero-order valence-electron chi connectivity index (χ0n) is 10.8. The first-order chi connectivity index (χ1) is 10.1. The molecule has 0 amide bonds. The van der Waals surface area contributed by atoms with Gasteiger partial charge in [-0.05, 0) is 46.3 Å². The molecule has 2 rings (SSSR count). The van der Waals surface area contributed by atoms with Crippen molar-refractivity contribution in [1.82, 2.24) is 0 Å². The first kappa shape index (κ1) is 16.0. The van der Waals surface area contributed by atoms with Crippen molar-refractivity contribution in [2.45, 2.75) is 0 Å². The van der Waals surface area contributed by atoms with Gasteiger partial charge in [-0.3, -0.25) is 0 Å². The molecule has 3 nitrogen and oxygen atoms in total. The van der Waals surface area contributed by atoms with Crippen LogP contribution in [-0.2, 0) is 0 Å². The summed E-state index contributed by atoms with van der Waals surface area (Å²) in [6.07, 6.45) is 0. The summed E-state index contributed by atoms with van der Waals surface area (Å²) in [5, 5.41) is 9.71. The molecule has 0 saturated heterocycles. The maximum absolute atomic E-state index is 8.70. The normalized spacial score (nSPS) is 10.0. The van der Waals surface area contributed by atoms with Gasteiger partial charge in [-0.1, -0.05) is 23.2 Å². The van der Waals surface area contributed by atoms with Crippen molar-refractivity contribution in [2.75, 3.05) is 13.2 Å². The van der Waals surface area contributed by atoms with Gasteiger partial charge in [0, 0.05) is 10.5 Å². The molecule has 0 heterocycles. The highest BCUT2D eigenvalue weighted by atomic mass is 79.9. The molecule has 0 fully saturated rings. The van der Waals surface area contributed by atoms with Crippen LogP contribution in [0.25, 0.3) is 0 Å². The maximum atomic E-state index is 8.70. The predicted molar refractivity (Wildman–Crippen MR) is 86.3 cm³/mol. The molecule has 0 aliphatic carbocycles. The van der Waals surface area contributed by atoms with Crippen LogP contribution in [0, 0.1) is 11.3 Å². The largest absolute Gasteiger partial charge is 0.490 e. The van der Waals surface area contributed by atoms with E-state index in [-0.39, 0.29) is 0 Å². The molecule has 0 bridgehead atoms. The molecule has 108 valence electrons. The Morgan fingerprint density at radius 3 is 2.33 bits per heavy atom. The van der Waals surface area contributed by atoms with E-state index < -0.39 is 0 Å². The van der Waals surface area contributed by atoms with Crippen molar-refractivity contribution in [1.29, 1.82) is 5.26 Å². The van der Waals surface area contributed by atoms with Gasteiger partial charge in [0.05, 0.1) is 21.7 Å². The van der Waals surface area contributed by atoms with E-state index in [9.17, 15) is 0 Å². The number of rotatable bonds is 5. The summed E-state index contributed by atoms with van der Waals surface area (Å²) in [5.41, 5.74) is 0.592. The van der Waals surface area contributed by atoms with Gasteiger partial charge in [-0.15, -0.1) is 0 Å². The monoisotopic (exact) mass is 385 g/mol. The van der Waals surface area contributed by atoms with E-state index in [4.69, 9.17) is 37.9 Å². The zero-order chi connectivity index (χ0) is 15.2. The number of nitrogens with zero attached hydrogens (tertiary/aromatic N) is 1. The minimum atomic E-state index is 0.331. The Kier molecular flexibility index (Phi) is 5.75. The van der Waals surface area contributed by atoms with Gasteiger partial charge >= 0.3 is 0 Å². The lowest BCUT2D eigenvalue weighted by Gasteiger charge is -2.10. The van der Waals surface area contributed by atoms with Crippen LogP contribution < -0.4 is 9.47 Å². The van der Waals surface area contributed by atoms with Crippen LogP contribution in [-0.4, -0.2) is 13.2 Å². The Labute approximate surface area is 141 Å². The molecule has 2 aromatic rings. The first-order valence-electron chi connectivity index (χ1n) is 6.00. The third-order valence-corrected chi connectivity index (χ3v) is 4.06. The molecule has 21 heavy (non-hydrogen) atoms. The lowest BCUT2D eigenvalue weighted by Crippen LogP contribution is -2.09. The topological polar surface area (TPSA) is 42.2 Å². The molecule has 0 saturated carbocycles. The molecule has 0 atom stereocenters. The van der Waals surface area contributed by atoms with E-state index in [2.05, 4.69) is 15.9 Å². The molecule has 0 radical (unpaired) electrons. The molecule has 0 aromatic heterocycles. The van der Waals surface area contributed by atoms with Crippen LogP contribution in [0.1, 0.15) is 5.56 Å². The predicted octanol–water partition coefficient (Wildman–Crippen LogP) is 5.09. The van der Waals surface area contributed by atoms with Crippen molar-refractivity contribution in [3.8, 4) is 17.6 Å². The molecule has 0 spiro atoms. The van der Waals surface area contributed by atoms with Crippen molar-refractivity contribution in [3.63, 3.8) is 0 Å². The average Bonchev–Trinajstić information content (AvgIpc) is 2.49. The second-order valence-electron chi connectivity index (χ2n) is 4.03. The number of hydrogen-bond acceptors (Lipinski definition) is 3. The van der Waals surface area contributed by atoms with Gasteiger partial charge in [0.2, 0.25) is 0 Å². The van der Waals surface area contributed by atoms with Gasteiger partial charge in [-0.2, -0.15) is 5.26 Å². The van der Waals surface area contributed by atoms with E-state index in [1.54, 1.807) is 36.4 Å². The number of halogens is 3. The first-order valence-corrected chi connectivity index (χ1v) is 7.55. The van der Waals surface area contributed by atoms with Crippen LogP contribution in [0.2, 0.25) is 10.0 Å². The lowest BCUT2D eigenvalue weighted by atomic mass is 10.2. The van der Waals surface area contributed by atoms with Crippen LogP contribution in [0.4, 0.5) is 0 Å². The fourth-order valence-corrected chi connectivity index (χ4v) is 2.40. The number of ether oxygens (including phenoxy) is 2. The van der Waals surface area contributed by atoms with Crippen molar-refractivity contribution >= 4 is 39.1 Å². The summed E-state index contributed by atoms with van der Waals surface area (Å²) in [4.78, 5) is 0. The van der Waals surface area contributed by atoms with E-state index in [0.717, 1.165) is 4.47 Å². The van der Waals surface area contributed by atoms with E-state index >= 15 is 0 Å². The highest BCUT2D eigenvalue weighted by Gasteiger charge is 2.06. The van der Waals surface area contributed by atoms with E-state index in [0.29, 0.717) is 40.3 Å². The Balaban J connectivity index is 1.84. The summed E-state index contributed by atoms with van der Waals surface area (Å²) >= 11 is 15.3. The quantitative estimate of drug-likeness (QED) is 0.531. The Hall–Kier alpha value is -1.41. The zero-order valence-corrected chi connectivity index (χ0v) is 13.9. The summed E-state index contributed by atoms with van der Waals surface area (Å²) in [5.74, 6) is 1.19. The Bertz CT molecular complexity index is 669. The molecule has 0 unspecified atom stereocenters. The van der Waals surface area contributed by atoms with Gasteiger partial charge in [0.15, 0.2) is 0 Å². The third kappa shape index (κ3) is 4.53. The van der Waals surface area contributed by atoms with E-state index in [1.165, 1.54) is 0 Å². The van der Waals surface area contributed by atoms with Crippen LogP contribution in [0.5, 0.6) is 11.5 Å². The second kappa shape index (κ2) is 7.56. The van der Waals surface area contributed by atoms with Gasteiger partial charge in [-0.25, -0.2) is 0 Å². The summed E-state index contributed by atoms with van der Waals surface area (Å²) in [6.45, 7) is 0.688. The lowest BCUT2D eigenvalue weighted by molar-refractivity contribution is 0.217. The van der Waals surface area contributed by atoms with Crippen molar-refractivity contribution in [3.05, 3.63) is 56.5 Å². The number of nitriles is 1. The summed E-state index contributed by atoms with van der Waals surface area (Å²) < 4.78 is 11.7. The van der Waals surface area contributed by atoms with Gasteiger partial charge in [0.25, 0.3) is 0 Å². The van der Waals surface area contributed by atoms with Crippen LogP contribution in [0.15, 0.2) is 40.9 Å². The molecule has 0 aliphatic rings. The highest BCUT2D eigenvalue weighted by Crippen LogP contribution is 2.33. The van der Waals surface area contributed by atoms with Crippen molar-refractivity contribution in [2.24, 2.45) is 0 Å². The van der Waals surface area contributed by atoms with Gasteiger partial charge in [0.1, 0.15) is 24.7 Å². The van der Waals surface area contributed by atoms with Gasteiger partial charge < -0.3 is 9.47 Å². The minimum absolute atomic E-state index is 0.331. The van der Waals surface area contributed by atoms with E-state index in [1.807, 2.05) is 6.07 Å². The smallest absolute Gasteiger partial charge is 0.139 e. The molecular formula is C15H10BrCl2NO2. The molecule has 0 N–H and O–H groups in total. The third-order valence-electron chi connectivity index (χ3n) is 2.57. The van der Waals surface area contributed by atoms with Crippen molar-refractivity contribution < 1.29 is 9.47 Å². The maximum Gasteiger partial charge on any atom is 0.139 e. The average molecular weight is 387 g/mol. The number of hydrogen-bond donors (Lipinski definition) is 0. The standard InChI is InChI=1S/C15H10BrCl2NO2/c16-12-7-14(18)15(8-13(12)17)21-6-5-20-11-3-1-10(9-19)2-4-11/h1-4,7-8H,5-6H2. The second-order valence-corrected chi connectivity index (χ2v) is 5.70. The number of benzene rings is 2. The molecule has 6 heteroatoms. The Morgan fingerprint density at radius 1 is 1.00 bits per heavy atom. The molecular weight excluding hydrogens is 377 g/mol. The summed E-state index contributed by atoms with van der Waals surface area (Å²) in [7, 11) is 0. The van der Waals surface area contributed by atoms with Crippen LogP contribution >= 0.6 is 39.1 Å². The highest BCUT2D eigenvalue weighted by molar-refractivity contribution is 9.10.